The summed E-state index contributed by atoms with van der Waals surface area (Å²) in [6.07, 6.45) is 12.9. The molecule has 45 heavy (non-hydrogen) atoms. The van der Waals surface area contributed by atoms with E-state index in [1.807, 2.05) is 6.07 Å². The number of benzene rings is 3. The number of phenols is 1. The number of aryl methyl sites for hydroxylation is 3. The van der Waals surface area contributed by atoms with Crippen LogP contribution in [-0.2, 0) is 19.3 Å². The third kappa shape index (κ3) is 4.46. The zero-order valence-electron chi connectivity index (χ0n) is 27.3. The number of hydrogen-bond donors (Lipinski definition) is 1. The van der Waals surface area contributed by atoms with Gasteiger partial charge in [-0.3, -0.25) is 4.90 Å². The standard InChI is InChI=1S/C40H49FN2O2/c1-3-27-10-11-28-15-30(44)16-35(38(27)28)37-24(2)34-17-31(45-23-40-12-5-13-43(40)22-29(41)19-40)18-36(39(34)33-7-4-6-32(33)37)42-20-25-8-9-26(14-25)21-42/h15-18,25-27,29,44H,3-14,19-23H2,1-2H3/t25?,26?,27?,29-,40+/m1/s1. The van der Waals surface area contributed by atoms with Gasteiger partial charge in [0.2, 0.25) is 0 Å². The molecule has 0 aromatic heterocycles. The van der Waals surface area contributed by atoms with Crippen molar-refractivity contribution in [3.63, 3.8) is 0 Å². The minimum absolute atomic E-state index is 0.159. The molecule has 1 saturated carbocycles. The summed E-state index contributed by atoms with van der Waals surface area (Å²) in [6.45, 7) is 9.05. The number of rotatable bonds is 6. The average Bonchev–Trinajstić information content (AvgIpc) is 3.85. The molecule has 1 N–H and O–H groups in total. The molecule has 0 spiro atoms. The first-order valence-electron chi connectivity index (χ1n) is 18.2. The van der Waals surface area contributed by atoms with Crippen molar-refractivity contribution in [2.45, 2.75) is 109 Å². The molecule has 3 unspecified atom stereocenters. The first-order chi connectivity index (χ1) is 21.9. The lowest BCUT2D eigenvalue weighted by Gasteiger charge is -2.36. The summed E-state index contributed by atoms with van der Waals surface area (Å²) in [6, 6.07) is 8.79. The molecule has 4 fully saturated rings. The second-order valence-corrected chi connectivity index (χ2v) is 15.7. The Morgan fingerprint density at radius 1 is 0.978 bits per heavy atom. The Morgan fingerprint density at radius 3 is 2.62 bits per heavy atom. The highest BCUT2D eigenvalue weighted by Crippen LogP contribution is 2.52. The molecular formula is C40H49FN2O2. The molecule has 3 saturated heterocycles. The molecule has 238 valence electrons. The van der Waals surface area contributed by atoms with E-state index in [2.05, 4.69) is 41.8 Å². The molecule has 4 nitrogen and oxygen atoms in total. The van der Waals surface area contributed by atoms with E-state index in [1.165, 1.54) is 87.5 Å². The summed E-state index contributed by atoms with van der Waals surface area (Å²) in [5, 5.41) is 13.7. The molecule has 3 aromatic carbocycles. The number of anilines is 1. The van der Waals surface area contributed by atoms with Crippen LogP contribution in [0.2, 0.25) is 0 Å². The third-order valence-corrected chi connectivity index (χ3v) is 13.1. The van der Waals surface area contributed by atoms with Gasteiger partial charge in [0.1, 0.15) is 24.3 Å². The van der Waals surface area contributed by atoms with Gasteiger partial charge in [0.15, 0.2) is 0 Å². The average molecular weight is 609 g/mol. The maximum atomic E-state index is 14.7. The second-order valence-electron chi connectivity index (χ2n) is 15.7. The minimum Gasteiger partial charge on any atom is -0.508 e. The first-order valence-corrected chi connectivity index (χ1v) is 18.2. The highest BCUT2D eigenvalue weighted by molar-refractivity contribution is 6.05. The Bertz CT molecular complexity index is 1670. The van der Waals surface area contributed by atoms with Crippen LogP contribution in [0.15, 0.2) is 24.3 Å². The summed E-state index contributed by atoms with van der Waals surface area (Å²) in [5.74, 6) is 3.48. The smallest absolute Gasteiger partial charge is 0.122 e. The normalized spacial score (nSPS) is 30.3. The summed E-state index contributed by atoms with van der Waals surface area (Å²) < 4.78 is 21.5. The van der Waals surface area contributed by atoms with Crippen LogP contribution < -0.4 is 9.64 Å². The van der Waals surface area contributed by atoms with E-state index in [1.54, 1.807) is 0 Å². The van der Waals surface area contributed by atoms with E-state index in [4.69, 9.17) is 4.74 Å². The third-order valence-electron chi connectivity index (χ3n) is 13.1. The van der Waals surface area contributed by atoms with Crippen molar-refractivity contribution < 1.29 is 14.2 Å². The van der Waals surface area contributed by atoms with Crippen molar-refractivity contribution in [3.8, 4) is 22.6 Å². The Labute approximate surface area is 267 Å². The molecule has 3 aromatic rings. The molecule has 0 amide bonds. The Hall–Kier alpha value is -2.79. The van der Waals surface area contributed by atoms with E-state index in [-0.39, 0.29) is 5.54 Å². The van der Waals surface area contributed by atoms with Gasteiger partial charge >= 0.3 is 0 Å². The fourth-order valence-electron chi connectivity index (χ4n) is 11.1. The van der Waals surface area contributed by atoms with Crippen molar-refractivity contribution in [2.75, 3.05) is 37.7 Å². The van der Waals surface area contributed by atoms with Crippen molar-refractivity contribution in [1.82, 2.24) is 4.90 Å². The monoisotopic (exact) mass is 608 g/mol. The van der Waals surface area contributed by atoms with E-state index in [0.717, 1.165) is 75.7 Å². The van der Waals surface area contributed by atoms with E-state index in [9.17, 15) is 9.50 Å². The maximum Gasteiger partial charge on any atom is 0.122 e. The number of nitrogens with zero attached hydrogens (tertiary/aromatic N) is 2. The van der Waals surface area contributed by atoms with Crippen LogP contribution >= 0.6 is 0 Å². The predicted octanol–water partition coefficient (Wildman–Crippen LogP) is 8.64. The molecule has 0 radical (unpaired) electrons. The Kier molecular flexibility index (Phi) is 6.71. The van der Waals surface area contributed by atoms with Crippen LogP contribution in [0.1, 0.15) is 98.4 Å². The molecule has 3 aliphatic carbocycles. The van der Waals surface area contributed by atoms with Crippen LogP contribution in [0.3, 0.4) is 0 Å². The van der Waals surface area contributed by atoms with Crippen LogP contribution in [0.25, 0.3) is 21.9 Å². The number of hydrogen-bond acceptors (Lipinski definition) is 4. The topological polar surface area (TPSA) is 35.9 Å². The van der Waals surface area contributed by atoms with Crippen LogP contribution in [0.5, 0.6) is 11.5 Å². The molecule has 3 heterocycles. The van der Waals surface area contributed by atoms with Gasteiger partial charge in [-0.15, -0.1) is 0 Å². The van der Waals surface area contributed by atoms with Gasteiger partial charge in [-0.2, -0.15) is 0 Å². The zero-order valence-corrected chi connectivity index (χ0v) is 27.3. The quantitative estimate of drug-likeness (QED) is 0.304. The Morgan fingerprint density at radius 2 is 1.80 bits per heavy atom. The van der Waals surface area contributed by atoms with Crippen molar-refractivity contribution >= 4 is 16.5 Å². The largest absolute Gasteiger partial charge is 0.508 e. The summed E-state index contributed by atoms with van der Waals surface area (Å²) in [7, 11) is 0. The fourth-order valence-corrected chi connectivity index (χ4v) is 11.1. The van der Waals surface area contributed by atoms with Crippen LogP contribution in [0.4, 0.5) is 10.1 Å². The highest BCUT2D eigenvalue weighted by Gasteiger charge is 2.49. The van der Waals surface area contributed by atoms with Gasteiger partial charge in [0, 0.05) is 43.2 Å². The van der Waals surface area contributed by atoms with Crippen molar-refractivity contribution in [1.29, 1.82) is 0 Å². The highest BCUT2D eigenvalue weighted by atomic mass is 19.1. The summed E-state index contributed by atoms with van der Waals surface area (Å²) >= 11 is 0. The van der Waals surface area contributed by atoms with Gasteiger partial charge < -0.3 is 14.7 Å². The molecule has 3 aliphatic heterocycles. The first kappa shape index (κ1) is 28.4. The van der Waals surface area contributed by atoms with Gasteiger partial charge in [-0.25, -0.2) is 4.39 Å². The van der Waals surface area contributed by atoms with Crippen LogP contribution in [-0.4, -0.2) is 54.5 Å². The molecule has 6 aliphatic rings. The number of fused-ring (bicyclic) bond motifs is 7. The van der Waals surface area contributed by atoms with E-state index in [0.29, 0.717) is 31.2 Å². The number of aromatic hydroxyl groups is 1. The molecule has 5 heteroatoms. The fraction of sp³-hybridized carbons (Fsp3) is 0.600. The van der Waals surface area contributed by atoms with Gasteiger partial charge in [-0.1, -0.05) is 6.92 Å². The number of halogens is 1. The second kappa shape index (κ2) is 10.6. The number of phenolic OH excluding ortho intramolecular Hbond substituents is 1. The van der Waals surface area contributed by atoms with Gasteiger partial charge in [0.05, 0.1) is 5.54 Å². The lowest BCUT2D eigenvalue weighted by molar-refractivity contribution is 0.113. The van der Waals surface area contributed by atoms with E-state index >= 15 is 0 Å². The summed E-state index contributed by atoms with van der Waals surface area (Å²) in [5.41, 5.74) is 11.1. The molecule has 2 bridgehead atoms. The lowest BCUT2D eigenvalue weighted by Crippen LogP contribution is -2.43. The Balaban J connectivity index is 1.23. The summed E-state index contributed by atoms with van der Waals surface area (Å²) in [4.78, 5) is 5.08. The minimum atomic E-state index is -0.742. The molecule has 9 rings (SSSR count). The molecule has 5 atom stereocenters. The van der Waals surface area contributed by atoms with Crippen molar-refractivity contribution in [3.05, 3.63) is 52.1 Å². The predicted molar refractivity (Wildman–Crippen MR) is 181 cm³/mol. The number of piperidine rings is 1. The maximum absolute atomic E-state index is 14.7. The SMILES string of the molecule is CCC1CCc2cc(O)cc(-c3c4c(c5c(N6CC7CCC(C7)C6)cc(OC[C@@]67CCCN6C[C@H](F)C7)cc5c3C)CCC4)c21. The van der Waals surface area contributed by atoms with Gasteiger partial charge in [-0.05, 0) is 164 Å². The van der Waals surface area contributed by atoms with Gasteiger partial charge in [0.25, 0.3) is 0 Å². The van der Waals surface area contributed by atoms with E-state index < -0.39 is 6.17 Å². The van der Waals surface area contributed by atoms with Crippen LogP contribution in [0, 0.1) is 18.8 Å². The zero-order chi connectivity index (χ0) is 30.4. The molecular weight excluding hydrogens is 559 g/mol. The number of alkyl halides is 1. The van der Waals surface area contributed by atoms with Crippen molar-refractivity contribution in [2.24, 2.45) is 11.8 Å². The lowest BCUT2D eigenvalue weighted by atomic mass is 9.82. The number of ether oxygens (including phenoxy) is 1.